The molecule has 0 fully saturated rings. The second kappa shape index (κ2) is 9.09. The molecule has 27 heavy (non-hydrogen) atoms. The summed E-state index contributed by atoms with van der Waals surface area (Å²) in [5.74, 6) is -0.430. The van der Waals surface area contributed by atoms with Crippen molar-refractivity contribution in [3.05, 3.63) is 54.3 Å². The zero-order valence-electron chi connectivity index (χ0n) is 15.0. The number of aromatic nitrogens is 3. The van der Waals surface area contributed by atoms with Crippen LogP contribution in [-0.2, 0) is 16.1 Å². The molecule has 0 N–H and O–H groups in total. The number of fused-ring (bicyclic) bond motifs is 1. The van der Waals surface area contributed by atoms with E-state index in [-0.39, 0.29) is 24.8 Å². The minimum atomic E-state index is -0.431. The van der Waals surface area contributed by atoms with Gasteiger partial charge in [-0.1, -0.05) is 24.3 Å². The molecule has 142 valence electrons. The van der Waals surface area contributed by atoms with Crippen molar-refractivity contribution in [1.29, 1.82) is 0 Å². The first-order valence-electron chi connectivity index (χ1n) is 8.61. The molecule has 0 saturated heterocycles. The second-order valence-corrected chi connectivity index (χ2v) is 5.87. The Kier molecular flexibility index (Phi) is 6.32. The maximum atomic E-state index is 13.6. The van der Waals surface area contributed by atoms with Crippen molar-refractivity contribution in [3.63, 3.8) is 0 Å². The summed E-state index contributed by atoms with van der Waals surface area (Å²) in [5.41, 5.74) is 1.47. The first kappa shape index (κ1) is 18.8. The fourth-order valence-corrected chi connectivity index (χ4v) is 2.59. The summed E-state index contributed by atoms with van der Waals surface area (Å²) < 4.78 is 24.1. The molecule has 0 atom stereocenters. The van der Waals surface area contributed by atoms with Gasteiger partial charge in [0.25, 0.3) is 0 Å². The largest absolute Gasteiger partial charge is 0.489 e. The molecule has 3 aromatic rings. The topological polar surface area (TPSA) is 69.5 Å². The average Bonchev–Trinajstić information content (AvgIpc) is 3.08. The van der Waals surface area contributed by atoms with Crippen LogP contribution in [0.3, 0.4) is 0 Å². The van der Waals surface area contributed by atoms with E-state index < -0.39 is 5.82 Å². The van der Waals surface area contributed by atoms with Crippen LogP contribution in [0, 0.1) is 5.82 Å². The molecule has 1 aromatic heterocycles. The smallest absolute Gasteiger partial charge is 0.246 e. The van der Waals surface area contributed by atoms with Gasteiger partial charge < -0.3 is 14.4 Å². The summed E-state index contributed by atoms with van der Waals surface area (Å²) in [5, 5.41) is 8.60. The Morgan fingerprint density at radius 3 is 2.33 bits per heavy atom. The van der Waals surface area contributed by atoms with Crippen molar-refractivity contribution in [3.8, 4) is 5.75 Å². The summed E-state index contributed by atoms with van der Waals surface area (Å²) in [6, 6.07) is 13.6. The number of nitrogens with zero attached hydrogens (tertiary/aromatic N) is 4. The van der Waals surface area contributed by atoms with Gasteiger partial charge in [-0.15, -0.1) is 0 Å². The Bertz CT molecular complexity index is 866. The zero-order valence-corrected chi connectivity index (χ0v) is 15.0. The minimum absolute atomic E-state index is 0.0120. The van der Waals surface area contributed by atoms with Gasteiger partial charge in [-0.25, -0.2) is 4.39 Å². The normalized spacial score (nSPS) is 10.9. The Hall–Kier alpha value is -3.00. The number of hydrogen-bond acceptors (Lipinski definition) is 5. The third-order valence-corrected chi connectivity index (χ3v) is 3.98. The number of para-hydroxylation sites is 1. The molecule has 1 heterocycles. The molecule has 0 bridgehead atoms. The van der Waals surface area contributed by atoms with E-state index in [0.717, 1.165) is 11.0 Å². The summed E-state index contributed by atoms with van der Waals surface area (Å²) in [4.78, 5) is 15.6. The standard InChI is InChI=1S/C19H21FN4O3/c1-26-12-10-23(11-13-27-18-9-5-2-6-15(18)20)19(25)14-24-21-16-7-3-4-8-17(16)22-24/h2-9H,10-14H2,1H3. The first-order chi connectivity index (χ1) is 13.2. The highest BCUT2D eigenvalue weighted by molar-refractivity contribution is 5.77. The number of amides is 1. The molecule has 0 aliphatic carbocycles. The van der Waals surface area contributed by atoms with Crippen molar-refractivity contribution >= 4 is 16.9 Å². The highest BCUT2D eigenvalue weighted by Crippen LogP contribution is 2.15. The third kappa shape index (κ3) is 5.01. The Morgan fingerprint density at radius 1 is 1.04 bits per heavy atom. The van der Waals surface area contributed by atoms with Gasteiger partial charge >= 0.3 is 0 Å². The van der Waals surface area contributed by atoms with Gasteiger partial charge in [-0.2, -0.15) is 15.0 Å². The quantitative estimate of drug-likeness (QED) is 0.576. The van der Waals surface area contributed by atoms with Gasteiger partial charge in [-0.05, 0) is 24.3 Å². The number of rotatable bonds is 9. The van der Waals surface area contributed by atoms with Crippen LogP contribution < -0.4 is 4.74 Å². The van der Waals surface area contributed by atoms with Crippen LogP contribution in [0.2, 0.25) is 0 Å². The molecule has 0 unspecified atom stereocenters. The fraction of sp³-hybridized carbons (Fsp3) is 0.316. The molecule has 0 spiro atoms. The average molecular weight is 372 g/mol. The predicted molar refractivity (Wildman–Crippen MR) is 97.9 cm³/mol. The third-order valence-electron chi connectivity index (χ3n) is 3.98. The summed E-state index contributed by atoms with van der Waals surface area (Å²) in [7, 11) is 1.57. The van der Waals surface area contributed by atoms with Crippen LogP contribution in [0.15, 0.2) is 48.5 Å². The van der Waals surface area contributed by atoms with E-state index in [4.69, 9.17) is 9.47 Å². The molecule has 2 aromatic carbocycles. The molecule has 3 rings (SSSR count). The van der Waals surface area contributed by atoms with Crippen molar-refractivity contribution in [2.24, 2.45) is 0 Å². The monoisotopic (exact) mass is 372 g/mol. The summed E-state index contributed by atoms with van der Waals surface area (Å²) >= 11 is 0. The molecule has 0 saturated carbocycles. The number of carbonyl (C=O) groups is 1. The molecule has 0 aliphatic heterocycles. The van der Waals surface area contributed by atoms with Gasteiger partial charge in [0.05, 0.1) is 13.2 Å². The van der Waals surface area contributed by atoms with E-state index in [1.807, 2.05) is 24.3 Å². The molecule has 0 radical (unpaired) electrons. The highest BCUT2D eigenvalue weighted by Gasteiger charge is 2.16. The lowest BCUT2D eigenvalue weighted by Crippen LogP contribution is -2.39. The van der Waals surface area contributed by atoms with Gasteiger partial charge in [0, 0.05) is 13.7 Å². The molecular formula is C19H21FN4O3. The molecule has 1 amide bonds. The Labute approximate surface area is 156 Å². The lowest BCUT2D eigenvalue weighted by atomic mass is 10.3. The maximum Gasteiger partial charge on any atom is 0.246 e. The SMILES string of the molecule is COCCN(CCOc1ccccc1F)C(=O)Cn1nc2ccccc2n1. The van der Waals surface area contributed by atoms with E-state index in [1.165, 1.54) is 10.9 Å². The van der Waals surface area contributed by atoms with Crippen LogP contribution in [0.25, 0.3) is 11.0 Å². The van der Waals surface area contributed by atoms with E-state index in [1.54, 1.807) is 30.2 Å². The van der Waals surface area contributed by atoms with Crippen molar-refractivity contribution in [2.75, 3.05) is 33.4 Å². The van der Waals surface area contributed by atoms with Crippen LogP contribution in [0.1, 0.15) is 0 Å². The van der Waals surface area contributed by atoms with E-state index in [0.29, 0.717) is 19.7 Å². The molecular weight excluding hydrogens is 351 g/mol. The molecule has 8 heteroatoms. The van der Waals surface area contributed by atoms with Gasteiger partial charge in [0.15, 0.2) is 11.6 Å². The second-order valence-electron chi connectivity index (χ2n) is 5.87. The number of ether oxygens (including phenoxy) is 2. The summed E-state index contributed by atoms with van der Waals surface area (Å²) in [6.07, 6.45) is 0. The number of halogens is 1. The minimum Gasteiger partial charge on any atom is -0.489 e. The highest BCUT2D eigenvalue weighted by atomic mass is 19.1. The van der Waals surface area contributed by atoms with Crippen LogP contribution in [0.5, 0.6) is 5.75 Å². The van der Waals surface area contributed by atoms with E-state index >= 15 is 0 Å². The van der Waals surface area contributed by atoms with Crippen molar-refractivity contribution < 1.29 is 18.7 Å². The van der Waals surface area contributed by atoms with Crippen LogP contribution in [0.4, 0.5) is 4.39 Å². The Morgan fingerprint density at radius 2 is 1.67 bits per heavy atom. The first-order valence-corrected chi connectivity index (χ1v) is 8.61. The predicted octanol–water partition coefficient (Wildman–Crippen LogP) is 2.12. The zero-order chi connectivity index (χ0) is 19.1. The molecule has 7 nitrogen and oxygen atoms in total. The number of benzene rings is 2. The maximum absolute atomic E-state index is 13.6. The van der Waals surface area contributed by atoms with E-state index in [2.05, 4.69) is 10.2 Å². The lowest BCUT2D eigenvalue weighted by Gasteiger charge is -2.22. The van der Waals surface area contributed by atoms with Gasteiger partial charge in [0.2, 0.25) is 5.91 Å². The number of carbonyl (C=O) groups excluding carboxylic acids is 1. The van der Waals surface area contributed by atoms with Crippen molar-refractivity contribution in [2.45, 2.75) is 6.54 Å². The Balaban J connectivity index is 1.60. The van der Waals surface area contributed by atoms with Gasteiger partial charge in [0.1, 0.15) is 24.2 Å². The van der Waals surface area contributed by atoms with Gasteiger partial charge in [-0.3, -0.25) is 4.79 Å². The molecule has 0 aliphatic rings. The van der Waals surface area contributed by atoms with Crippen molar-refractivity contribution in [1.82, 2.24) is 19.9 Å². The summed E-state index contributed by atoms with van der Waals surface area (Å²) in [6.45, 7) is 1.27. The van der Waals surface area contributed by atoms with Crippen LogP contribution >= 0.6 is 0 Å². The van der Waals surface area contributed by atoms with Crippen LogP contribution in [-0.4, -0.2) is 59.2 Å². The number of methoxy groups -OCH3 is 1. The number of hydrogen-bond donors (Lipinski definition) is 0. The van der Waals surface area contributed by atoms with E-state index in [9.17, 15) is 9.18 Å². The fourth-order valence-electron chi connectivity index (χ4n) is 2.59. The lowest BCUT2D eigenvalue weighted by molar-refractivity contribution is -0.133.